The molecule has 2 aromatic carbocycles. The zero-order chi connectivity index (χ0) is 41.8. The molecule has 0 radical (unpaired) electrons. The molecule has 2 aliphatic heterocycles. The van der Waals surface area contributed by atoms with E-state index >= 15 is 0 Å². The zero-order valence-corrected chi connectivity index (χ0v) is 32.6. The Kier molecular flexibility index (Phi) is 13.1. The van der Waals surface area contributed by atoms with Gasteiger partial charge in [0.05, 0.1) is 42.5 Å². The first-order chi connectivity index (χ1) is 27.6. The summed E-state index contributed by atoms with van der Waals surface area (Å²) >= 11 is 0. The van der Waals surface area contributed by atoms with E-state index in [0.29, 0.717) is 11.3 Å². The van der Waals surface area contributed by atoms with Gasteiger partial charge in [0, 0.05) is 56.0 Å². The van der Waals surface area contributed by atoms with Gasteiger partial charge >= 0.3 is 17.9 Å². The van der Waals surface area contributed by atoms with Crippen molar-refractivity contribution in [1.29, 1.82) is 0 Å². The number of esters is 3. The number of halogens is 4. The number of aliphatic hydroxyl groups is 1. The summed E-state index contributed by atoms with van der Waals surface area (Å²) in [5.41, 5.74) is 0.473. The zero-order valence-electron chi connectivity index (χ0n) is 31.7. The Hall–Kier alpha value is -5.41. The van der Waals surface area contributed by atoms with Gasteiger partial charge in [0.2, 0.25) is 5.91 Å². The van der Waals surface area contributed by atoms with Crippen molar-refractivity contribution < 1.29 is 60.8 Å². The first-order valence-corrected chi connectivity index (χ1v) is 19.8. The van der Waals surface area contributed by atoms with Crippen LogP contribution in [0, 0.1) is 23.3 Å². The van der Waals surface area contributed by atoms with Gasteiger partial charge in [-0.1, -0.05) is 22.6 Å². The maximum Gasteiger partial charge on any atom is 0.332 e. The molecule has 2 aliphatic rings. The Morgan fingerprint density at radius 2 is 1.55 bits per heavy atom. The highest BCUT2D eigenvalue weighted by Gasteiger charge is 2.53. The normalized spacial score (nSPS) is 25.2. The molecule has 4 aromatic rings. The molecule has 0 saturated carbocycles. The number of nitrogens with zero attached hydrogens (tertiary/aromatic N) is 7. The van der Waals surface area contributed by atoms with Gasteiger partial charge in [-0.05, 0) is 31.2 Å². The molecule has 312 valence electrons. The number of hydrogen-bond donors (Lipinski definition) is 2. The minimum absolute atomic E-state index is 0.0119. The van der Waals surface area contributed by atoms with Crippen LogP contribution in [0.1, 0.15) is 39.8 Å². The third kappa shape index (κ3) is 9.31. The van der Waals surface area contributed by atoms with E-state index in [-0.39, 0.29) is 49.2 Å². The van der Waals surface area contributed by atoms with E-state index in [4.69, 9.17) is 18.9 Å². The SMILES string of the molecule is CCOC(=O)CO[C@H]1C[SH]([C@@H]2CN(C(C)=O)C[C@H](n3cc(-c4cccc(F)c4)nn3)[C@H]2O)[C@H](COC(C)=O)[C@H](OC(C)=O)[C@H]1n1cc(-c2cc(F)c(F)c(F)c2)nn1. The third-order valence-electron chi connectivity index (χ3n) is 9.93. The van der Waals surface area contributed by atoms with E-state index in [9.17, 15) is 41.8 Å². The van der Waals surface area contributed by atoms with Gasteiger partial charge in [0.25, 0.3) is 0 Å². The Bertz CT molecular complexity index is 2130. The topological polar surface area (TPSA) is 190 Å². The van der Waals surface area contributed by atoms with E-state index in [1.165, 1.54) is 58.7 Å². The first kappa shape index (κ1) is 42.2. The average Bonchev–Trinajstić information content (AvgIpc) is 3.86. The van der Waals surface area contributed by atoms with Crippen molar-refractivity contribution in [2.45, 2.75) is 68.6 Å². The average molecular weight is 836 g/mol. The monoisotopic (exact) mass is 835 g/mol. The van der Waals surface area contributed by atoms with Crippen LogP contribution in [0.4, 0.5) is 17.6 Å². The molecule has 58 heavy (non-hydrogen) atoms. The van der Waals surface area contributed by atoms with Crippen LogP contribution in [0.3, 0.4) is 0 Å². The number of hydrogen-bond acceptors (Lipinski definition) is 13. The molecule has 21 heteroatoms. The lowest BCUT2D eigenvalue weighted by Crippen LogP contribution is -2.60. The van der Waals surface area contributed by atoms with E-state index in [2.05, 4.69) is 20.6 Å². The lowest BCUT2D eigenvalue weighted by molar-refractivity contribution is -0.160. The Morgan fingerprint density at radius 3 is 2.19 bits per heavy atom. The number of thiol groups is 1. The highest BCUT2D eigenvalue weighted by Crippen LogP contribution is 2.52. The van der Waals surface area contributed by atoms with Crippen molar-refractivity contribution in [3.05, 3.63) is 72.1 Å². The van der Waals surface area contributed by atoms with Crippen LogP contribution in [-0.2, 0) is 38.1 Å². The summed E-state index contributed by atoms with van der Waals surface area (Å²) in [5, 5.41) is 27.2. The van der Waals surface area contributed by atoms with Crippen molar-refractivity contribution in [3.63, 3.8) is 0 Å². The van der Waals surface area contributed by atoms with Gasteiger partial charge in [-0.2, -0.15) is 0 Å². The molecule has 16 nitrogen and oxygen atoms in total. The fraction of sp³-hybridized carbons (Fsp3) is 0.459. The Balaban J connectivity index is 1.43. The van der Waals surface area contributed by atoms with Gasteiger partial charge < -0.3 is 29.0 Å². The van der Waals surface area contributed by atoms with Gasteiger partial charge in [-0.25, -0.2) is 42.6 Å². The van der Waals surface area contributed by atoms with E-state index in [0.717, 1.165) is 19.1 Å². The molecule has 0 aliphatic carbocycles. The number of rotatable bonds is 12. The molecule has 8 atom stereocenters. The molecule has 1 N–H and O–H groups in total. The molecule has 6 rings (SSSR count). The second-order valence-corrected chi connectivity index (χ2v) is 16.5. The van der Waals surface area contributed by atoms with Crippen molar-refractivity contribution >= 4 is 34.7 Å². The van der Waals surface area contributed by atoms with Gasteiger partial charge in [0.15, 0.2) is 17.5 Å². The lowest BCUT2D eigenvalue weighted by atomic mass is 10.0. The van der Waals surface area contributed by atoms with Gasteiger partial charge in [0.1, 0.15) is 42.6 Å². The van der Waals surface area contributed by atoms with Crippen molar-refractivity contribution in [2.75, 3.05) is 38.7 Å². The maximum absolute atomic E-state index is 14.3. The van der Waals surface area contributed by atoms with Crippen LogP contribution < -0.4 is 0 Å². The summed E-state index contributed by atoms with van der Waals surface area (Å²) in [6.45, 7) is 4.45. The number of likely N-dealkylation sites (tertiary alicyclic amines) is 1. The van der Waals surface area contributed by atoms with Crippen molar-refractivity contribution in [3.8, 4) is 22.5 Å². The smallest absolute Gasteiger partial charge is 0.332 e. The predicted molar refractivity (Wildman–Crippen MR) is 197 cm³/mol. The molecule has 4 heterocycles. The van der Waals surface area contributed by atoms with Crippen LogP contribution >= 0.6 is 10.9 Å². The number of piperidine rings is 1. The largest absolute Gasteiger partial charge is 0.465 e. The fourth-order valence-corrected chi connectivity index (χ4v) is 11.0. The van der Waals surface area contributed by atoms with Crippen LogP contribution in [0.25, 0.3) is 22.5 Å². The van der Waals surface area contributed by atoms with Crippen molar-refractivity contribution in [1.82, 2.24) is 34.9 Å². The summed E-state index contributed by atoms with van der Waals surface area (Å²) in [5.74, 6) is -7.58. The third-order valence-corrected chi connectivity index (χ3v) is 13.3. The number of carbonyl (C=O) groups excluding carboxylic acids is 4. The molecular formula is C37H41F4N7O9S. The number of benzene rings is 2. The van der Waals surface area contributed by atoms with Crippen LogP contribution in [0.2, 0.25) is 0 Å². The molecule has 0 spiro atoms. The van der Waals surface area contributed by atoms with Crippen LogP contribution in [0.15, 0.2) is 48.8 Å². The molecular weight excluding hydrogens is 795 g/mol. The molecule has 2 fully saturated rings. The number of aliphatic hydroxyl groups excluding tert-OH is 1. The number of carbonyl (C=O) groups is 4. The van der Waals surface area contributed by atoms with E-state index in [1.807, 2.05) is 0 Å². The minimum Gasteiger partial charge on any atom is -0.465 e. The quantitative estimate of drug-likeness (QED) is 0.0698. The number of amides is 1. The maximum atomic E-state index is 14.3. The highest BCUT2D eigenvalue weighted by atomic mass is 32.2. The highest BCUT2D eigenvalue weighted by molar-refractivity contribution is 8.18. The van der Waals surface area contributed by atoms with Crippen LogP contribution in [-0.4, -0.2) is 131 Å². The van der Waals surface area contributed by atoms with Crippen LogP contribution in [0.5, 0.6) is 0 Å². The molecule has 0 bridgehead atoms. The molecule has 2 aromatic heterocycles. The number of aromatic nitrogens is 6. The lowest BCUT2D eigenvalue weighted by Gasteiger charge is -2.53. The van der Waals surface area contributed by atoms with E-state index < -0.39 is 99.6 Å². The molecule has 2 saturated heterocycles. The molecule has 1 amide bonds. The predicted octanol–water partition coefficient (Wildman–Crippen LogP) is 2.96. The second kappa shape index (κ2) is 18.0. The Morgan fingerprint density at radius 1 is 0.879 bits per heavy atom. The van der Waals surface area contributed by atoms with E-state index in [1.54, 1.807) is 13.0 Å². The Labute approximate surface area is 331 Å². The summed E-state index contributed by atoms with van der Waals surface area (Å²) in [6.07, 6.45) is -0.796. The van der Waals surface area contributed by atoms with Gasteiger partial charge in [-0.3, -0.25) is 14.4 Å². The summed E-state index contributed by atoms with van der Waals surface area (Å²) in [6, 6.07) is 5.14. The summed E-state index contributed by atoms with van der Waals surface area (Å²) in [4.78, 5) is 52.4. The van der Waals surface area contributed by atoms with Gasteiger partial charge in [-0.15, -0.1) is 10.2 Å². The first-order valence-electron chi connectivity index (χ1n) is 18.2. The second-order valence-electron chi connectivity index (χ2n) is 13.8. The number of ether oxygens (including phenoxy) is 4. The minimum atomic E-state index is -1.74. The standard InChI is InChI=1S/C37H41F4N7O9S/c1-5-54-33(52)17-56-30-18-58(31-15-46(19(2)49)14-29(36(31)53)47-12-27(42-44-47)22-7-6-8-24(38)9-22)32(16-55-20(3)50)37(57-21(4)51)35(30)48-13-28(43-45-48)23-10-25(39)34(41)26(40)11-23/h6-13,29-32,35-37,53,58H,5,14-18H2,1-4H3/t29-,30-,31+,32+,35-,36+,37-/m0/s1. The van der Waals surface area contributed by atoms with Crippen molar-refractivity contribution in [2.24, 2.45) is 0 Å². The summed E-state index contributed by atoms with van der Waals surface area (Å²) in [7, 11) is -1.74. The molecule has 1 unspecified atom stereocenters. The summed E-state index contributed by atoms with van der Waals surface area (Å²) < 4.78 is 81.8. The fourth-order valence-electron chi connectivity index (χ4n) is 7.32.